The molecule has 2 aromatic rings. The normalized spacial score (nSPS) is 10.4. The lowest BCUT2D eigenvalue weighted by molar-refractivity contribution is 0.0789. The van der Waals surface area contributed by atoms with E-state index in [9.17, 15) is 4.79 Å². The Kier molecular flexibility index (Phi) is 5.32. The highest BCUT2D eigenvalue weighted by Crippen LogP contribution is 2.31. The summed E-state index contributed by atoms with van der Waals surface area (Å²) >= 11 is 7.17. The second kappa shape index (κ2) is 7.03. The van der Waals surface area contributed by atoms with Crippen LogP contribution in [-0.2, 0) is 6.54 Å². The van der Waals surface area contributed by atoms with Gasteiger partial charge in [0.25, 0.3) is 5.91 Å². The Morgan fingerprint density at radius 3 is 2.41 bits per heavy atom. The van der Waals surface area contributed by atoms with Gasteiger partial charge < -0.3 is 14.4 Å². The number of halogens is 1. The van der Waals surface area contributed by atoms with E-state index in [1.54, 1.807) is 38.3 Å². The molecule has 0 bridgehead atoms. The zero-order chi connectivity index (χ0) is 16.3. The standard InChI is InChI=1S/C16H18ClNO3S/c1-10-7-12(20-3)13(21-4)8-11(10)9-18(2)16(19)14-5-6-15(17)22-14/h5-8H,9H2,1-4H3. The molecule has 1 amide bonds. The molecule has 0 aliphatic carbocycles. The molecule has 1 aromatic carbocycles. The lowest BCUT2D eigenvalue weighted by atomic mass is 10.1. The van der Waals surface area contributed by atoms with Crippen LogP contribution in [0.4, 0.5) is 0 Å². The van der Waals surface area contributed by atoms with Gasteiger partial charge in [0.2, 0.25) is 0 Å². The van der Waals surface area contributed by atoms with Crippen molar-refractivity contribution in [2.24, 2.45) is 0 Å². The number of benzene rings is 1. The summed E-state index contributed by atoms with van der Waals surface area (Å²) in [5, 5.41) is 0. The van der Waals surface area contributed by atoms with E-state index >= 15 is 0 Å². The molecule has 118 valence electrons. The number of carbonyl (C=O) groups is 1. The van der Waals surface area contributed by atoms with Gasteiger partial charge in [0, 0.05) is 13.6 Å². The average molecular weight is 340 g/mol. The Balaban J connectivity index is 2.21. The largest absolute Gasteiger partial charge is 0.493 e. The Morgan fingerprint density at radius 1 is 1.23 bits per heavy atom. The summed E-state index contributed by atoms with van der Waals surface area (Å²) in [6.45, 7) is 2.47. The minimum atomic E-state index is -0.0499. The van der Waals surface area contributed by atoms with Gasteiger partial charge in [-0.15, -0.1) is 11.3 Å². The molecule has 0 aliphatic rings. The Bertz CT molecular complexity index is 684. The number of methoxy groups -OCH3 is 2. The summed E-state index contributed by atoms with van der Waals surface area (Å²) in [7, 11) is 4.97. The van der Waals surface area contributed by atoms with E-state index < -0.39 is 0 Å². The van der Waals surface area contributed by atoms with Gasteiger partial charge in [0.05, 0.1) is 23.4 Å². The summed E-state index contributed by atoms with van der Waals surface area (Å²) in [5.41, 5.74) is 2.05. The molecule has 0 fully saturated rings. The lowest BCUT2D eigenvalue weighted by Gasteiger charge is -2.19. The lowest BCUT2D eigenvalue weighted by Crippen LogP contribution is -2.25. The van der Waals surface area contributed by atoms with Gasteiger partial charge >= 0.3 is 0 Å². The molecule has 0 atom stereocenters. The second-order valence-electron chi connectivity index (χ2n) is 4.90. The van der Waals surface area contributed by atoms with Crippen LogP contribution in [0, 0.1) is 6.92 Å². The minimum absolute atomic E-state index is 0.0499. The first-order valence-corrected chi connectivity index (χ1v) is 7.88. The molecular formula is C16H18ClNO3S. The number of amides is 1. The maximum absolute atomic E-state index is 12.4. The first-order valence-electron chi connectivity index (χ1n) is 6.68. The molecule has 1 aromatic heterocycles. The van der Waals surface area contributed by atoms with Gasteiger partial charge in [0.1, 0.15) is 0 Å². The fraction of sp³-hybridized carbons (Fsp3) is 0.312. The van der Waals surface area contributed by atoms with Crippen molar-refractivity contribution in [1.29, 1.82) is 0 Å². The van der Waals surface area contributed by atoms with Crippen LogP contribution in [0.1, 0.15) is 20.8 Å². The van der Waals surface area contributed by atoms with Gasteiger partial charge in [-0.05, 0) is 42.3 Å². The minimum Gasteiger partial charge on any atom is -0.493 e. The number of rotatable bonds is 5. The number of aryl methyl sites for hydroxylation is 1. The van der Waals surface area contributed by atoms with Crippen LogP contribution in [-0.4, -0.2) is 32.1 Å². The monoisotopic (exact) mass is 339 g/mol. The molecular weight excluding hydrogens is 322 g/mol. The number of carbonyl (C=O) groups excluding carboxylic acids is 1. The van der Waals surface area contributed by atoms with Crippen LogP contribution < -0.4 is 9.47 Å². The van der Waals surface area contributed by atoms with Gasteiger partial charge in [-0.3, -0.25) is 4.79 Å². The van der Waals surface area contributed by atoms with E-state index in [4.69, 9.17) is 21.1 Å². The summed E-state index contributed by atoms with van der Waals surface area (Å²) in [5.74, 6) is 1.29. The van der Waals surface area contributed by atoms with Crippen molar-refractivity contribution in [1.82, 2.24) is 4.90 Å². The molecule has 0 radical (unpaired) electrons. The van der Waals surface area contributed by atoms with Crippen LogP contribution in [0.25, 0.3) is 0 Å². The molecule has 0 saturated heterocycles. The van der Waals surface area contributed by atoms with E-state index in [1.165, 1.54) is 11.3 Å². The number of hydrogen-bond donors (Lipinski definition) is 0. The van der Waals surface area contributed by atoms with Gasteiger partial charge in [-0.2, -0.15) is 0 Å². The maximum Gasteiger partial charge on any atom is 0.264 e. The Labute approximate surface area is 139 Å². The van der Waals surface area contributed by atoms with Crippen molar-refractivity contribution >= 4 is 28.8 Å². The Hall–Kier alpha value is -1.72. The van der Waals surface area contributed by atoms with E-state index in [2.05, 4.69) is 0 Å². The van der Waals surface area contributed by atoms with Crippen molar-refractivity contribution in [3.8, 4) is 11.5 Å². The van der Waals surface area contributed by atoms with Crippen LogP contribution in [0.15, 0.2) is 24.3 Å². The van der Waals surface area contributed by atoms with Gasteiger partial charge in [-0.25, -0.2) is 0 Å². The SMILES string of the molecule is COc1cc(C)c(CN(C)C(=O)c2ccc(Cl)s2)cc1OC. The highest BCUT2D eigenvalue weighted by molar-refractivity contribution is 7.17. The van der Waals surface area contributed by atoms with Crippen LogP contribution in [0.5, 0.6) is 11.5 Å². The molecule has 22 heavy (non-hydrogen) atoms. The van der Waals surface area contributed by atoms with Crippen molar-refractivity contribution in [3.63, 3.8) is 0 Å². The van der Waals surface area contributed by atoms with E-state index in [0.717, 1.165) is 11.1 Å². The van der Waals surface area contributed by atoms with E-state index in [1.807, 2.05) is 19.1 Å². The fourth-order valence-corrected chi connectivity index (χ4v) is 3.18. The number of thiophene rings is 1. The van der Waals surface area contributed by atoms with E-state index in [0.29, 0.717) is 27.3 Å². The zero-order valence-electron chi connectivity index (χ0n) is 13.0. The molecule has 1 heterocycles. The quantitative estimate of drug-likeness (QED) is 0.826. The first-order chi connectivity index (χ1) is 10.5. The highest BCUT2D eigenvalue weighted by atomic mass is 35.5. The predicted molar refractivity (Wildman–Crippen MR) is 89.4 cm³/mol. The third-order valence-corrected chi connectivity index (χ3v) is 4.60. The van der Waals surface area contributed by atoms with Crippen molar-refractivity contribution in [3.05, 3.63) is 44.6 Å². The van der Waals surface area contributed by atoms with Gasteiger partial charge in [0.15, 0.2) is 11.5 Å². The van der Waals surface area contributed by atoms with E-state index in [-0.39, 0.29) is 5.91 Å². The second-order valence-corrected chi connectivity index (χ2v) is 6.61. The Morgan fingerprint density at radius 2 is 1.86 bits per heavy atom. The van der Waals surface area contributed by atoms with Crippen molar-refractivity contribution in [2.45, 2.75) is 13.5 Å². The number of hydrogen-bond acceptors (Lipinski definition) is 4. The summed E-state index contributed by atoms with van der Waals surface area (Å²) < 4.78 is 11.2. The van der Waals surface area contributed by atoms with Gasteiger partial charge in [-0.1, -0.05) is 11.6 Å². The number of nitrogens with zero attached hydrogens (tertiary/aromatic N) is 1. The maximum atomic E-state index is 12.4. The number of ether oxygens (including phenoxy) is 2. The van der Waals surface area contributed by atoms with Crippen molar-refractivity contribution in [2.75, 3.05) is 21.3 Å². The molecule has 0 aliphatic heterocycles. The van der Waals surface area contributed by atoms with Crippen LogP contribution >= 0.6 is 22.9 Å². The highest BCUT2D eigenvalue weighted by Gasteiger charge is 2.16. The predicted octanol–water partition coefficient (Wildman–Crippen LogP) is 4.00. The smallest absolute Gasteiger partial charge is 0.264 e. The molecule has 6 heteroatoms. The molecule has 0 spiro atoms. The topological polar surface area (TPSA) is 38.8 Å². The zero-order valence-corrected chi connectivity index (χ0v) is 14.5. The third kappa shape index (κ3) is 3.54. The molecule has 4 nitrogen and oxygen atoms in total. The van der Waals surface area contributed by atoms with Crippen LogP contribution in [0.2, 0.25) is 4.34 Å². The summed E-state index contributed by atoms with van der Waals surface area (Å²) in [6, 6.07) is 7.29. The molecule has 2 rings (SSSR count). The van der Waals surface area contributed by atoms with Crippen LogP contribution in [0.3, 0.4) is 0 Å². The summed E-state index contributed by atoms with van der Waals surface area (Å²) in [6.07, 6.45) is 0. The molecule has 0 saturated carbocycles. The first kappa shape index (κ1) is 16.6. The third-order valence-electron chi connectivity index (χ3n) is 3.38. The summed E-state index contributed by atoms with van der Waals surface area (Å²) in [4.78, 5) is 14.7. The molecule has 0 unspecified atom stereocenters. The average Bonchev–Trinajstić information content (AvgIpc) is 2.94. The molecule has 0 N–H and O–H groups in total. The van der Waals surface area contributed by atoms with Crippen molar-refractivity contribution < 1.29 is 14.3 Å². The fourth-order valence-electron chi connectivity index (χ4n) is 2.14.